The molecule has 0 aromatic rings. The molecule has 0 aromatic carbocycles. The van der Waals surface area contributed by atoms with Gasteiger partial charge in [0, 0.05) is 12.5 Å². The van der Waals surface area contributed by atoms with Crippen LogP contribution in [0.15, 0.2) is 48.6 Å². The summed E-state index contributed by atoms with van der Waals surface area (Å²) in [5.41, 5.74) is 1.03. The zero-order chi connectivity index (χ0) is 23.1. The molecule has 6 atom stereocenters. The smallest absolute Gasteiger partial charge is 0.330 e. The van der Waals surface area contributed by atoms with Crippen LogP contribution >= 0.6 is 0 Å². The van der Waals surface area contributed by atoms with Gasteiger partial charge in [0.2, 0.25) is 0 Å². The molecular weight excluding hydrogens is 408 g/mol. The first kappa shape index (κ1) is 24.9. The van der Waals surface area contributed by atoms with Crippen molar-refractivity contribution in [2.45, 2.75) is 95.6 Å². The minimum Gasteiger partial charge on any atom is -0.456 e. The number of hydrogen-bond donors (Lipinski definition) is 1. The fourth-order valence-corrected chi connectivity index (χ4v) is 4.52. The molecule has 0 amide bonds. The van der Waals surface area contributed by atoms with E-state index in [2.05, 4.69) is 25.7 Å². The molecule has 3 rings (SSSR count). The highest BCUT2D eigenvalue weighted by Crippen LogP contribution is 2.28. The van der Waals surface area contributed by atoms with E-state index < -0.39 is 24.0 Å². The molecule has 3 aliphatic rings. The van der Waals surface area contributed by atoms with Crippen molar-refractivity contribution in [1.82, 2.24) is 0 Å². The summed E-state index contributed by atoms with van der Waals surface area (Å²) < 4.78 is 23.5. The van der Waals surface area contributed by atoms with Gasteiger partial charge in [-0.05, 0) is 51.9 Å². The molecule has 0 spiro atoms. The molecule has 0 aliphatic carbocycles. The summed E-state index contributed by atoms with van der Waals surface area (Å²) in [5.74, 6) is -0.707. The van der Waals surface area contributed by atoms with Crippen LogP contribution < -0.4 is 0 Å². The third-order valence-electron chi connectivity index (χ3n) is 5.98. The van der Waals surface area contributed by atoms with E-state index in [-0.39, 0.29) is 18.3 Å². The minimum atomic E-state index is -0.711. The van der Waals surface area contributed by atoms with E-state index in [0.29, 0.717) is 31.8 Å². The highest BCUT2D eigenvalue weighted by molar-refractivity contribution is 5.82. The average Bonchev–Trinajstić information content (AvgIpc) is 3.06. The molecular formula is C26H38O6. The molecule has 0 saturated carbocycles. The van der Waals surface area contributed by atoms with E-state index in [4.69, 9.17) is 18.9 Å². The highest BCUT2D eigenvalue weighted by atomic mass is 16.8. The largest absolute Gasteiger partial charge is 0.456 e. The SMILES string of the molecule is C=C1C[C@H](C)C[C@@H]2CC=C[C@@H](CC=CC(=O)O[C@H]([C@@H]3COC(C)(C)O3)CC=C[C@H](O)C1)O2. The summed E-state index contributed by atoms with van der Waals surface area (Å²) in [5, 5.41) is 10.4. The zero-order valence-electron chi connectivity index (χ0n) is 19.6. The van der Waals surface area contributed by atoms with Crippen LogP contribution in [0.25, 0.3) is 0 Å². The van der Waals surface area contributed by atoms with Crippen molar-refractivity contribution in [2.75, 3.05) is 6.61 Å². The van der Waals surface area contributed by atoms with Crippen LogP contribution in [0.1, 0.15) is 59.3 Å². The maximum Gasteiger partial charge on any atom is 0.330 e. The van der Waals surface area contributed by atoms with Crippen LogP contribution in [0.5, 0.6) is 0 Å². The summed E-state index contributed by atoms with van der Waals surface area (Å²) in [4.78, 5) is 12.5. The number of rotatable bonds is 1. The van der Waals surface area contributed by atoms with Crippen molar-refractivity contribution >= 4 is 5.97 Å². The lowest BCUT2D eigenvalue weighted by atomic mass is 9.91. The van der Waals surface area contributed by atoms with Gasteiger partial charge >= 0.3 is 5.97 Å². The van der Waals surface area contributed by atoms with Gasteiger partial charge in [-0.25, -0.2) is 4.79 Å². The Morgan fingerprint density at radius 3 is 2.59 bits per heavy atom. The first-order chi connectivity index (χ1) is 15.2. The van der Waals surface area contributed by atoms with E-state index in [1.807, 2.05) is 19.9 Å². The van der Waals surface area contributed by atoms with E-state index in [0.717, 1.165) is 24.8 Å². The van der Waals surface area contributed by atoms with Gasteiger partial charge in [-0.1, -0.05) is 49.5 Å². The monoisotopic (exact) mass is 446 g/mol. The van der Waals surface area contributed by atoms with Gasteiger partial charge < -0.3 is 24.1 Å². The summed E-state index contributed by atoms with van der Waals surface area (Å²) in [6.45, 7) is 10.4. The molecule has 3 heterocycles. The van der Waals surface area contributed by atoms with E-state index in [9.17, 15) is 9.90 Å². The lowest BCUT2D eigenvalue weighted by Gasteiger charge is -2.28. The average molecular weight is 447 g/mol. The van der Waals surface area contributed by atoms with E-state index in [1.54, 1.807) is 12.2 Å². The second kappa shape index (κ2) is 11.4. The number of aliphatic hydroxyl groups is 1. The highest BCUT2D eigenvalue weighted by Gasteiger charge is 2.38. The molecule has 6 heteroatoms. The van der Waals surface area contributed by atoms with Gasteiger partial charge in [0.1, 0.15) is 12.2 Å². The molecule has 2 bridgehead atoms. The summed E-state index contributed by atoms with van der Waals surface area (Å²) in [7, 11) is 0. The van der Waals surface area contributed by atoms with E-state index in [1.165, 1.54) is 6.08 Å². The van der Waals surface area contributed by atoms with Crippen LogP contribution in [0, 0.1) is 5.92 Å². The van der Waals surface area contributed by atoms with Crippen LogP contribution in [-0.2, 0) is 23.7 Å². The number of cyclic esters (lactones) is 1. The normalized spacial score (nSPS) is 37.0. The summed E-state index contributed by atoms with van der Waals surface area (Å²) in [6, 6.07) is 0. The fourth-order valence-electron chi connectivity index (χ4n) is 4.52. The first-order valence-electron chi connectivity index (χ1n) is 11.7. The molecule has 1 fully saturated rings. The molecule has 0 aromatic heterocycles. The van der Waals surface area contributed by atoms with Crippen molar-refractivity contribution in [3.8, 4) is 0 Å². The Hall–Kier alpha value is -1.73. The summed E-state index contributed by atoms with van der Waals surface area (Å²) >= 11 is 0. The molecule has 178 valence electrons. The van der Waals surface area contributed by atoms with Crippen molar-refractivity contribution in [1.29, 1.82) is 0 Å². The Labute approximate surface area is 191 Å². The van der Waals surface area contributed by atoms with Gasteiger partial charge in [-0.15, -0.1) is 0 Å². The van der Waals surface area contributed by atoms with Crippen molar-refractivity contribution in [3.63, 3.8) is 0 Å². The molecule has 1 saturated heterocycles. The molecule has 32 heavy (non-hydrogen) atoms. The maximum atomic E-state index is 12.5. The van der Waals surface area contributed by atoms with Gasteiger partial charge in [0.15, 0.2) is 5.79 Å². The minimum absolute atomic E-state index is 0.0417. The van der Waals surface area contributed by atoms with Gasteiger partial charge in [-0.2, -0.15) is 0 Å². The van der Waals surface area contributed by atoms with Crippen LogP contribution in [0.3, 0.4) is 0 Å². The lowest BCUT2D eigenvalue weighted by molar-refractivity contribution is -0.166. The fraction of sp³-hybridized carbons (Fsp3) is 0.654. The Balaban J connectivity index is 1.72. The maximum absolute atomic E-state index is 12.5. The Morgan fingerprint density at radius 2 is 1.84 bits per heavy atom. The number of ether oxygens (including phenoxy) is 4. The standard InChI is InChI=1S/C26H38O6/c1-18-14-19(2)16-22-11-6-9-21(30-22)10-7-13-25(28)31-23(12-5-8-20(27)15-18)24-17-29-26(3,4)32-24/h5-9,13,19-24,27H,1,10-12,14-17H2,2-4H3/t19-,20-,21-,22-,23-,24-/m0/s1. The number of aliphatic hydroxyl groups excluding tert-OH is 1. The number of esters is 1. The van der Waals surface area contributed by atoms with Crippen molar-refractivity contribution in [2.24, 2.45) is 5.92 Å². The van der Waals surface area contributed by atoms with Crippen molar-refractivity contribution in [3.05, 3.63) is 48.6 Å². The quantitative estimate of drug-likeness (QED) is 0.476. The van der Waals surface area contributed by atoms with E-state index >= 15 is 0 Å². The molecule has 0 radical (unpaired) electrons. The second-order valence-electron chi connectivity index (χ2n) is 9.67. The van der Waals surface area contributed by atoms with Gasteiger partial charge in [0.25, 0.3) is 0 Å². The summed E-state index contributed by atoms with van der Waals surface area (Å²) in [6.07, 6.45) is 14.0. The number of hydrogen-bond acceptors (Lipinski definition) is 6. The molecule has 3 aliphatic heterocycles. The Kier molecular flexibility index (Phi) is 8.88. The molecule has 6 nitrogen and oxygen atoms in total. The first-order valence-corrected chi connectivity index (χ1v) is 11.7. The Bertz CT molecular complexity index is 737. The second-order valence-corrected chi connectivity index (χ2v) is 9.67. The van der Waals surface area contributed by atoms with Crippen LogP contribution in [0.4, 0.5) is 0 Å². The predicted octanol–water partition coefficient (Wildman–Crippen LogP) is 4.39. The van der Waals surface area contributed by atoms with Crippen molar-refractivity contribution < 1.29 is 28.8 Å². The topological polar surface area (TPSA) is 74.2 Å². The molecule has 0 unspecified atom stereocenters. The molecule has 1 N–H and O–H groups in total. The predicted molar refractivity (Wildman–Crippen MR) is 123 cm³/mol. The number of carbonyl (C=O) groups excluding carboxylic acids is 1. The van der Waals surface area contributed by atoms with Crippen LogP contribution in [0.2, 0.25) is 0 Å². The number of carbonyl (C=O) groups is 1. The van der Waals surface area contributed by atoms with Crippen LogP contribution in [-0.4, -0.2) is 54.0 Å². The zero-order valence-corrected chi connectivity index (χ0v) is 19.6. The van der Waals surface area contributed by atoms with Gasteiger partial charge in [0.05, 0.1) is 24.9 Å². The third kappa shape index (κ3) is 8.00. The lowest BCUT2D eigenvalue weighted by Crippen LogP contribution is -2.34. The van der Waals surface area contributed by atoms with Gasteiger partial charge in [-0.3, -0.25) is 0 Å². The third-order valence-corrected chi connectivity index (χ3v) is 5.98. The number of fused-ring (bicyclic) bond motifs is 2. The Morgan fingerprint density at radius 1 is 1.06 bits per heavy atom.